The molecule has 5 heteroatoms. The zero-order valence-electron chi connectivity index (χ0n) is 10.9. The monoisotopic (exact) mass is 262 g/mol. The molecule has 0 aliphatic rings. The smallest absolute Gasteiger partial charge is 0.262 e. The van der Waals surface area contributed by atoms with E-state index in [-0.39, 0.29) is 18.2 Å². The summed E-state index contributed by atoms with van der Waals surface area (Å²) in [5.41, 5.74) is 5.52. The highest BCUT2D eigenvalue weighted by atomic mass is 16.5. The SMILES string of the molecule is CCOCCC(=O)NNC(=O)/C=C/c1ccccc1. The Morgan fingerprint density at radius 1 is 1.21 bits per heavy atom. The lowest BCUT2D eigenvalue weighted by molar-refractivity contribution is -0.127. The van der Waals surface area contributed by atoms with Crippen LogP contribution in [-0.2, 0) is 14.3 Å². The van der Waals surface area contributed by atoms with Crippen molar-refractivity contribution in [3.05, 3.63) is 42.0 Å². The van der Waals surface area contributed by atoms with Gasteiger partial charge in [-0.05, 0) is 18.6 Å². The Morgan fingerprint density at radius 2 is 1.95 bits per heavy atom. The van der Waals surface area contributed by atoms with Crippen molar-refractivity contribution in [1.29, 1.82) is 0 Å². The quantitative estimate of drug-likeness (QED) is 0.461. The van der Waals surface area contributed by atoms with Gasteiger partial charge in [0, 0.05) is 12.7 Å². The van der Waals surface area contributed by atoms with Crippen molar-refractivity contribution >= 4 is 17.9 Å². The zero-order valence-corrected chi connectivity index (χ0v) is 10.9. The number of hydrazine groups is 1. The Hall–Kier alpha value is -2.14. The molecular weight excluding hydrogens is 244 g/mol. The first-order valence-electron chi connectivity index (χ1n) is 6.12. The number of hydrogen-bond donors (Lipinski definition) is 2. The van der Waals surface area contributed by atoms with Crippen molar-refractivity contribution in [3.63, 3.8) is 0 Å². The first kappa shape index (κ1) is 14.9. The fourth-order valence-corrected chi connectivity index (χ4v) is 1.28. The van der Waals surface area contributed by atoms with Crippen LogP contribution < -0.4 is 10.9 Å². The van der Waals surface area contributed by atoms with Crippen LogP contribution in [0.4, 0.5) is 0 Å². The van der Waals surface area contributed by atoms with Gasteiger partial charge in [0.2, 0.25) is 5.91 Å². The Bertz CT molecular complexity index is 430. The number of ether oxygens (including phenoxy) is 1. The lowest BCUT2D eigenvalue weighted by atomic mass is 10.2. The van der Waals surface area contributed by atoms with Crippen LogP contribution in [0.15, 0.2) is 36.4 Å². The minimum atomic E-state index is -0.381. The van der Waals surface area contributed by atoms with E-state index in [1.807, 2.05) is 37.3 Å². The molecule has 0 fully saturated rings. The third-order valence-corrected chi connectivity index (χ3v) is 2.23. The molecule has 0 aromatic heterocycles. The maximum absolute atomic E-state index is 11.4. The third-order valence-electron chi connectivity index (χ3n) is 2.23. The molecule has 1 aromatic rings. The zero-order chi connectivity index (χ0) is 13.9. The minimum absolute atomic E-state index is 0.219. The van der Waals surface area contributed by atoms with Crippen molar-refractivity contribution in [2.24, 2.45) is 0 Å². The summed E-state index contributed by atoms with van der Waals surface area (Å²) in [5.74, 6) is -0.663. The molecule has 0 unspecified atom stereocenters. The summed E-state index contributed by atoms with van der Waals surface area (Å²) >= 11 is 0. The van der Waals surface area contributed by atoms with E-state index in [0.717, 1.165) is 5.56 Å². The number of benzene rings is 1. The van der Waals surface area contributed by atoms with Gasteiger partial charge >= 0.3 is 0 Å². The van der Waals surface area contributed by atoms with Crippen LogP contribution in [0.1, 0.15) is 18.9 Å². The number of hydrogen-bond acceptors (Lipinski definition) is 3. The molecule has 1 aromatic carbocycles. The molecule has 0 aliphatic carbocycles. The average molecular weight is 262 g/mol. The molecule has 0 heterocycles. The lowest BCUT2D eigenvalue weighted by Crippen LogP contribution is -2.41. The largest absolute Gasteiger partial charge is 0.381 e. The fraction of sp³-hybridized carbons (Fsp3) is 0.286. The van der Waals surface area contributed by atoms with Crippen molar-refractivity contribution in [2.45, 2.75) is 13.3 Å². The number of rotatable bonds is 6. The summed E-state index contributed by atoms with van der Waals surface area (Å²) in [7, 11) is 0. The van der Waals surface area contributed by atoms with Gasteiger partial charge in [0.1, 0.15) is 0 Å². The molecule has 0 saturated carbocycles. The van der Waals surface area contributed by atoms with Crippen molar-refractivity contribution in [3.8, 4) is 0 Å². The van der Waals surface area contributed by atoms with Gasteiger partial charge in [-0.2, -0.15) is 0 Å². The predicted octanol–water partition coefficient (Wildman–Crippen LogP) is 1.27. The minimum Gasteiger partial charge on any atom is -0.381 e. The van der Waals surface area contributed by atoms with Crippen LogP contribution in [0.5, 0.6) is 0 Å². The Balaban J connectivity index is 2.24. The summed E-state index contributed by atoms with van der Waals surface area (Å²) in [6, 6.07) is 9.42. The lowest BCUT2D eigenvalue weighted by Gasteiger charge is -2.05. The summed E-state index contributed by atoms with van der Waals surface area (Å²) in [5, 5.41) is 0. The summed E-state index contributed by atoms with van der Waals surface area (Å²) in [6.07, 6.45) is 3.25. The predicted molar refractivity (Wildman–Crippen MR) is 72.9 cm³/mol. The van der Waals surface area contributed by atoms with E-state index in [9.17, 15) is 9.59 Å². The van der Waals surface area contributed by atoms with Gasteiger partial charge in [-0.1, -0.05) is 30.3 Å². The van der Waals surface area contributed by atoms with Gasteiger partial charge in [-0.25, -0.2) is 0 Å². The molecule has 2 amide bonds. The first-order chi connectivity index (χ1) is 9.22. The van der Waals surface area contributed by atoms with Gasteiger partial charge in [0.05, 0.1) is 13.0 Å². The molecule has 102 valence electrons. The standard InChI is InChI=1S/C14H18N2O3/c1-2-19-11-10-14(18)16-15-13(17)9-8-12-6-4-3-5-7-12/h3-9H,2,10-11H2,1H3,(H,15,17)(H,16,18)/b9-8+. The molecule has 5 nitrogen and oxygen atoms in total. The molecule has 19 heavy (non-hydrogen) atoms. The van der Waals surface area contributed by atoms with Gasteiger partial charge in [0.25, 0.3) is 5.91 Å². The highest BCUT2D eigenvalue weighted by molar-refractivity contribution is 5.93. The van der Waals surface area contributed by atoms with Gasteiger partial charge in [-0.3, -0.25) is 20.4 Å². The van der Waals surface area contributed by atoms with Crippen LogP contribution in [0.25, 0.3) is 6.08 Å². The second-order valence-electron chi connectivity index (χ2n) is 3.73. The van der Waals surface area contributed by atoms with E-state index in [4.69, 9.17) is 4.74 Å². The van der Waals surface area contributed by atoms with Crippen molar-refractivity contribution in [2.75, 3.05) is 13.2 Å². The van der Waals surface area contributed by atoms with Crippen molar-refractivity contribution < 1.29 is 14.3 Å². The van der Waals surface area contributed by atoms with Crippen LogP contribution in [0.3, 0.4) is 0 Å². The van der Waals surface area contributed by atoms with E-state index in [2.05, 4.69) is 10.9 Å². The average Bonchev–Trinajstić information content (AvgIpc) is 2.44. The first-order valence-corrected chi connectivity index (χ1v) is 6.12. The Morgan fingerprint density at radius 3 is 2.63 bits per heavy atom. The van der Waals surface area contributed by atoms with E-state index in [1.165, 1.54) is 6.08 Å². The topological polar surface area (TPSA) is 67.4 Å². The molecule has 2 N–H and O–H groups in total. The molecule has 0 aliphatic heterocycles. The molecule has 0 radical (unpaired) electrons. The summed E-state index contributed by atoms with van der Waals surface area (Å²) in [6.45, 7) is 2.77. The Kier molecular flexibility index (Phi) is 6.97. The van der Waals surface area contributed by atoms with Crippen LogP contribution >= 0.6 is 0 Å². The summed E-state index contributed by atoms with van der Waals surface area (Å²) in [4.78, 5) is 22.7. The number of nitrogens with one attached hydrogen (secondary N) is 2. The number of amides is 2. The van der Waals surface area contributed by atoms with Crippen LogP contribution in [0, 0.1) is 0 Å². The van der Waals surface area contributed by atoms with Gasteiger partial charge < -0.3 is 4.74 Å². The maximum Gasteiger partial charge on any atom is 0.262 e. The molecule has 1 rings (SSSR count). The molecule has 0 bridgehead atoms. The number of carbonyl (C=O) groups is 2. The van der Waals surface area contributed by atoms with Crippen LogP contribution in [0.2, 0.25) is 0 Å². The summed E-state index contributed by atoms with van der Waals surface area (Å²) < 4.78 is 5.03. The highest BCUT2D eigenvalue weighted by Crippen LogP contribution is 2.00. The van der Waals surface area contributed by atoms with Gasteiger partial charge in [0.15, 0.2) is 0 Å². The van der Waals surface area contributed by atoms with E-state index in [0.29, 0.717) is 13.2 Å². The molecule has 0 atom stereocenters. The highest BCUT2D eigenvalue weighted by Gasteiger charge is 2.01. The molecule has 0 spiro atoms. The molecule has 0 saturated heterocycles. The maximum atomic E-state index is 11.4. The van der Waals surface area contributed by atoms with E-state index >= 15 is 0 Å². The third kappa shape index (κ3) is 7.00. The molecular formula is C14H18N2O3. The van der Waals surface area contributed by atoms with Crippen molar-refractivity contribution in [1.82, 2.24) is 10.9 Å². The fourth-order valence-electron chi connectivity index (χ4n) is 1.28. The van der Waals surface area contributed by atoms with Crippen LogP contribution in [-0.4, -0.2) is 25.0 Å². The second-order valence-corrected chi connectivity index (χ2v) is 3.73. The van der Waals surface area contributed by atoms with E-state index < -0.39 is 0 Å². The normalized spacial score (nSPS) is 10.4. The van der Waals surface area contributed by atoms with Gasteiger partial charge in [-0.15, -0.1) is 0 Å². The Labute approximate surface area is 112 Å². The second kappa shape index (κ2) is 8.88. The van der Waals surface area contributed by atoms with E-state index in [1.54, 1.807) is 6.08 Å². The number of carbonyl (C=O) groups excluding carboxylic acids is 2.